The first kappa shape index (κ1) is 19.0. The van der Waals surface area contributed by atoms with E-state index in [0.29, 0.717) is 19.5 Å². The van der Waals surface area contributed by atoms with E-state index in [2.05, 4.69) is 5.32 Å². The molecule has 0 aliphatic heterocycles. The SMILES string of the molecule is CN(CC(=O)NCCc1ccc(C(F)(F)F)cc1)Cc1ccccc1. The van der Waals surface area contributed by atoms with E-state index >= 15 is 0 Å². The minimum Gasteiger partial charge on any atom is -0.355 e. The van der Waals surface area contributed by atoms with E-state index in [9.17, 15) is 18.0 Å². The summed E-state index contributed by atoms with van der Waals surface area (Å²) in [5, 5.41) is 2.79. The van der Waals surface area contributed by atoms with Crippen LogP contribution in [0.2, 0.25) is 0 Å². The van der Waals surface area contributed by atoms with Crippen LogP contribution in [0.5, 0.6) is 0 Å². The van der Waals surface area contributed by atoms with Crippen LogP contribution in [0, 0.1) is 0 Å². The van der Waals surface area contributed by atoms with Crippen molar-refractivity contribution < 1.29 is 18.0 Å². The molecule has 0 heterocycles. The van der Waals surface area contributed by atoms with Gasteiger partial charge < -0.3 is 5.32 Å². The molecule has 0 fully saturated rings. The van der Waals surface area contributed by atoms with Crippen LogP contribution in [-0.4, -0.2) is 30.9 Å². The zero-order chi connectivity index (χ0) is 18.3. The highest BCUT2D eigenvalue weighted by Gasteiger charge is 2.29. The van der Waals surface area contributed by atoms with Gasteiger partial charge in [0, 0.05) is 13.1 Å². The normalized spacial score (nSPS) is 11.6. The maximum Gasteiger partial charge on any atom is 0.416 e. The summed E-state index contributed by atoms with van der Waals surface area (Å²) in [6.07, 6.45) is -3.83. The molecule has 6 heteroatoms. The molecule has 0 aromatic heterocycles. The summed E-state index contributed by atoms with van der Waals surface area (Å²) in [7, 11) is 1.86. The summed E-state index contributed by atoms with van der Waals surface area (Å²) < 4.78 is 37.5. The quantitative estimate of drug-likeness (QED) is 0.829. The van der Waals surface area contributed by atoms with E-state index in [0.717, 1.165) is 23.3 Å². The third kappa shape index (κ3) is 6.58. The van der Waals surface area contributed by atoms with Crippen molar-refractivity contribution in [1.29, 1.82) is 0 Å². The van der Waals surface area contributed by atoms with E-state index in [1.54, 1.807) is 0 Å². The van der Waals surface area contributed by atoms with Crippen LogP contribution in [0.1, 0.15) is 16.7 Å². The number of carbonyl (C=O) groups is 1. The molecule has 2 aromatic carbocycles. The van der Waals surface area contributed by atoms with Gasteiger partial charge in [0.1, 0.15) is 0 Å². The van der Waals surface area contributed by atoms with Gasteiger partial charge in [0.05, 0.1) is 12.1 Å². The van der Waals surface area contributed by atoms with Gasteiger partial charge in [-0.3, -0.25) is 9.69 Å². The van der Waals surface area contributed by atoms with Crippen LogP contribution in [-0.2, 0) is 23.9 Å². The maximum absolute atomic E-state index is 12.5. The van der Waals surface area contributed by atoms with Gasteiger partial charge in [-0.05, 0) is 36.7 Å². The summed E-state index contributed by atoms with van der Waals surface area (Å²) >= 11 is 0. The van der Waals surface area contributed by atoms with Crippen LogP contribution in [0.4, 0.5) is 13.2 Å². The Morgan fingerprint density at radius 3 is 2.24 bits per heavy atom. The van der Waals surface area contributed by atoms with Gasteiger partial charge in [-0.25, -0.2) is 0 Å². The molecule has 0 saturated carbocycles. The van der Waals surface area contributed by atoms with Crippen molar-refractivity contribution >= 4 is 5.91 Å². The Kier molecular flexibility index (Phi) is 6.58. The highest BCUT2D eigenvalue weighted by Crippen LogP contribution is 2.29. The predicted molar refractivity (Wildman–Crippen MR) is 90.9 cm³/mol. The molecule has 1 amide bonds. The van der Waals surface area contributed by atoms with Crippen molar-refractivity contribution in [2.75, 3.05) is 20.1 Å². The van der Waals surface area contributed by atoms with Gasteiger partial charge in [-0.15, -0.1) is 0 Å². The van der Waals surface area contributed by atoms with E-state index in [4.69, 9.17) is 0 Å². The van der Waals surface area contributed by atoms with Gasteiger partial charge in [-0.1, -0.05) is 42.5 Å². The second-order valence-electron chi connectivity index (χ2n) is 5.95. The molecule has 134 valence electrons. The van der Waals surface area contributed by atoms with Gasteiger partial charge >= 0.3 is 6.18 Å². The first-order chi connectivity index (χ1) is 11.8. The standard InChI is InChI=1S/C19H21F3N2O/c1-24(13-16-5-3-2-4-6-16)14-18(25)23-12-11-15-7-9-17(10-8-15)19(20,21)22/h2-10H,11-14H2,1H3,(H,23,25). The number of halogens is 3. The van der Waals surface area contributed by atoms with Crippen molar-refractivity contribution in [2.45, 2.75) is 19.1 Å². The summed E-state index contributed by atoms with van der Waals surface area (Å²) in [4.78, 5) is 13.8. The van der Waals surface area contributed by atoms with Crippen molar-refractivity contribution in [3.63, 3.8) is 0 Å². The third-order valence-corrected chi connectivity index (χ3v) is 3.73. The van der Waals surface area contributed by atoms with E-state index in [1.165, 1.54) is 12.1 Å². The molecule has 0 aliphatic carbocycles. The second kappa shape index (κ2) is 8.67. The van der Waals surface area contributed by atoms with Crippen molar-refractivity contribution in [3.05, 3.63) is 71.3 Å². The minimum absolute atomic E-state index is 0.106. The molecule has 0 radical (unpaired) electrons. The van der Waals surface area contributed by atoms with Crippen LogP contribution < -0.4 is 5.32 Å². The van der Waals surface area contributed by atoms with Crippen molar-refractivity contribution in [2.24, 2.45) is 0 Å². The van der Waals surface area contributed by atoms with E-state index in [1.807, 2.05) is 42.3 Å². The second-order valence-corrected chi connectivity index (χ2v) is 5.95. The Bertz CT molecular complexity index is 669. The summed E-state index contributed by atoms with van der Waals surface area (Å²) in [5.74, 6) is -0.106. The van der Waals surface area contributed by atoms with Crippen LogP contribution in [0.25, 0.3) is 0 Å². The third-order valence-electron chi connectivity index (χ3n) is 3.73. The van der Waals surface area contributed by atoms with Gasteiger partial charge in [0.2, 0.25) is 5.91 Å². The number of hydrogen-bond donors (Lipinski definition) is 1. The molecular weight excluding hydrogens is 329 g/mol. The molecule has 25 heavy (non-hydrogen) atoms. The Hall–Kier alpha value is -2.34. The lowest BCUT2D eigenvalue weighted by molar-refractivity contribution is -0.137. The smallest absolute Gasteiger partial charge is 0.355 e. The highest BCUT2D eigenvalue weighted by atomic mass is 19.4. The number of likely N-dealkylation sites (N-methyl/N-ethyl adjacent to an activating group) is 1. The average Bonchev–Trinajstić information content (AvgIpc) is 2.55. The molecule has 1 N–H and O–H groups in total. The predicted octanol–water partition coefficient (Wildman–Crippen LogP) is 3.50. The number of nitrogens with zero attached hydrogens (tertiary/aromatic N) is 1. The average molecular weight is 350 g/mol. The number of hydrogen-bond acceptors (Lipinski definition) is 2. The monoisotopic (exact) mass is 350 g/mol. The van der Waals surface area contributed by atoms with Crippen LogP contribution >= 0.6 is 0 Å². The molecule has 0 spiro atoms. The maximum atomic E-state index is 12.5. The minimum atomic E-state index is -4.32. The Morgan fingerprint density at radius 1 is 1.00 bits per heavy atom. The number of benzene rings is 2. The Labute approximate surface area is 145 Å². The molecule has 0 saturated heterocycles. The first-order valence-electron chi connectivity index (χ1n) is 8.00. The Balaban J connectivity index is 1.71. The van der Waals surface area contributed by atoms with Gasteiger partial charge in [0.25, 0.3) is 0 Å². The van der Waals surface area contributed by atoms with Crippen LogP contribution in [0.15, 0.2) is 54.6 Å². The lowest BCUT2D eigenvalue weighted by Gasteiger charge is -2.16. The fourth-order valence-corrected chi connectivity index (χ4v) is 2.46. The Morgan fingerprint density at radius 2 is 1.64 bits per heavy atom. The summed E-state index contributed by atoms with van der Waals surface area (Å²) in [6.45, 7) is 1.33. The number of rotatable bonds is 7. The van der Waals surface area contributed by atoms with Crippen molar-refractivity contribution in [1.82, 2.24) is 10.2 Å². The number of alkyl halides is 3. The largest absolute Gasteiger partial charge is 0.416 e. The molecule has 0 aliphatic rings. The molecular formula is C19H21F3N2O. The van der Waals surface area contributed by atoms with Gasteiger partial charge in [0.15, 0.2) is 0 Å². The highest BCUT2D eigenvalue weighted by molar-refractivity contribution is 5.77. The molecule has 0 atom stereocenters. The summed E-state index contributed by atoms with van der Waals surface area (Å²) in [6, 6.07) is 14.8. The number of carbonyl (C=O) groups excluding carboxylic acids is 1. The molecule has 3 nitrogen and oxygen atoms in total. The van der Waals surface area contributed by atoms with Crippen LogP contribution in [0.3, 0.4) is 0 Å². The summed E-state index contributed by atoms with van der Waals surface area (Å²) in [5.41, 5.74) is 1.22. The lowest BCUT2D eigenvalue weighted by atomic mass is 10.1. The zero-order valence-electron chi connectivity index (χ0n) is 14.0. The first-order valence-corrected chi connectivity index (χ1v) is 8.00. The van der Waals surface area contributed by atoms with E-state index in [-0.39, 0.29) is 12.5 Å². The molecule has 2 aromatic rings. The topological polar surface area (TPSA) is 32.3 Å². The fourth-order valence-electron chi connectivity index (χ4n) is 2.46. The zero-order valence-corrected chi connectivity index (χ0v) is 14.0. The number of amides is 1. The van der Waals surface area contributed by atoms with Crippen molar-refractivity contribution in [3.8, 4) is 0 Å². The molecule has 0 unspecified atom stereocenters. The fraction of sp³-hybridized carbons (Fsp3) is 0.316. The van der Waals surface area contributed by atoms with Gasteiger partial charge in [-0.2, -0.15) is 13.2 Å². The molecule has 0 bridgehead atoms. The van der Waals surface area contributed by atoms with E-state index < -0.39 is 11.7 Å². The number of nitrogens with one attached hydrogen (secondary N) is 1. The lowest BCUT2D eigenvalue weighted by Crippen LogP contribution is -2.35. The molecule has 2 rings (SSSR count).